The summed E-state index contributed by atoms with van der Waals surface area (Å²) in [5.41, 5.74) is 10.6. The Kier molecular flexibility index (Phi) is 6.50. The van der Waals surface area contributed by atoms with Crippen LogP contribution in [0.15, 0.2) is 79.8 Å². The number of carbonyl (C=O) groups excluding carboxylic acids is 1. The maximum absolute atomic E-state index is 15.6. The van der Waals surface area contributed by atoms with Gasteiger partial charge in [-0.1, -0.05) is 12.6 Å². The van der Waals surface area contributed by atoms with E-state index in [1.165, 1.54) is 6.08 Å². The minimum atomic E-state index is -1.12. The van der Waals surface area contributed by atoms with Gasteiger partial charge in [0.15, 0.2) is 17.3 Å². The molecule has 7 rings (SSSR count). The molecule has 3 N–H and O–H groups in total. The van der Waals surface area contributed by atoms with Gasteiger partial charge in [0, 0.05) is 55.9 Å². The molecule has 11 heteroatoms. The average molecular weight is 564 g/mol. The molecule has 5 heterocycles. The fourth-order valence-corrected chi connectivity index (χ4v) is 6.10. The van der Waals surface area contributed by atoms with Gasteiger partial charge < -0.3 is 16.0 Å². The van der Waals surface area contributed by atoms with Crippen molar-refractivity contribution >= 4 is 22.9 Å². The Balaban J connectivity index is 1.26. The molecule has 1 aliphatic carbocycles. The lowest BCUT2D eigenvalue weighted by Crippen LogP contribution is -2.45. The zero-order valence-corrected chi connectivity index (χ0v) is 22.9. The van der Waals surface area contributed by atoms with Crippen LogP contribution in [0.5, 0.6) is 0 Å². The van der Waals surface area contributed by atoms with Crippen molar-refractivity contribution < 1.29 is 9.18 Å². The van der Waals surface area contributed by atoms with Crippen LogP contribution in [0.4, 0.5) is 10.2 Å². The molecule has 1 saturated heterocycles. The number of nitrogens with zero attached hydrogens (tertiary/aromatic N) is 7. The van der Waals surface area contributed by atoms with Gasteiger partial charge in [-0.25, -0.2) is 24.0 Å². The van der Waals surface area contributed by atoms with E-state index in [9.17, 15) is 4.79 Å². The van der Waals surface area contributed by atoms with Gasteiger partial charge in [0.25, 0.3) is 0 Å². The number of benzene rings is 1. The number of amides is 1. The van der Waals surface area contributed by atoms with Crippen molar-refractivity contribution in [3.8, 4) is 22.9 Å². The van der Waals surface area contributed by atoms with Crippen LogP contribution in [0.1, 0.15) is 42.6 Å². The highest BCUT2D eigenvalue weighted by atomic mass is 19.1. The number of aromatic nitrogens is 6. The number of nitrogens with one attached hydrogen (secondary N) is 1. The molecule has 5 aromatic rings. The molecule has 2 atom stereocenters. The lowest BCUT2D eigenvalue weighted by atomic mass is 10.0. The van der Waals surface area contributed by atoms with Gasteiger partial charge in [-0.3, -0.25) is 9.36 Å². The fourth-order valence-electron chi connectivity index (χ4n) is 6.10. The first-order valence-electron chi connectivity index (χ1n) is 14.1. The van der Waals surface area contributed by atoms with Gasteiger partial charge in [0.2, 0.25) is 5.91 Å². The molecule has 1 unspecified atom stereocenters. The summed E-state index contributed by atoms with van der Waals surface area (Å²) in [6, 6.07) is 15.3. The largest absolute Gasteiger partial charge is 0.383 e. The Morgan fingerprint density at radius 3 is 2.69 bits per heavy atom. The van der Waals surface area contributed by atoms with Crippen molar-refractivity contribution in [2.45, 2.75) is 37.5 Å². The van der Waals surface area contributed by atoms with Gasteiger partial charge in [0.05, 0.1) is 5.56 Å². The Morgan fingerprint density at radius 2 is 1.93 bits per heavy atom. The standard InChI is InChI=1S/C31H30FN9O/c1-2-28(42)39-15-10-19(11-16-39)36-26-18-24(32)23-17-20(6-7-21(23)26)41-30(22-5-3-12-34-29(22)33)37-25-8-9-27(38-31(25)41)40-14-4-13-35-40/h2-9,12-14,17,19,24,26,36H,1,10-11,15-16,18H2,(H2,33,34)/t24?,26-/m0/s1. The van der Waals surface area contributed by atoms with Crippen molar-refractivity contribution in [2.75, 3.05) is 18.8 Å². The average Bonchev–Trinajstić information content (AvgIpc) is 3.75. The van der Waals surface area contributed by atoms with Crippen LogP contribution in [0, 0.1) is 0 Å². The summed E-state index contributed by atoms with van der Waals surface area (Å²) in [4.78, 5) is 27.8. The van der Waals surface area contributed by atoms with Crippen molar-refractivity contribution in [3.63, 3.8) is 0 Å². The Morgan fingerprint density at radius 1 is 1.07 bits per heavy atom. The highest BCUT2D eigenvalue weighted by Gasteiger charge is 2.34. The molecule has 0 radical (unpaired) electrons. The maximum Gasteiger partial charge on any atom is 0.245 e. The molecule has 10 nitrogen and oxygen atoms in total. The van der Waals surface area contributed by atoms with Crippen molar-refractivity contribution in [1.29, 1.82) is 0 Å². The van der Waals surface area contributed by atoms with Crippen molar-refractivity contribution in [2.24, 2.45) is 0 Å². The minimum Gasteiger partial charge on any atom is -0.383 e. The molecule has 0 saturated carbocycles. The van der Waals surface area contributed by atoms with Gasteiger partial charge in [-0.2, -0.15) is 5.10 Å². The van der Waals surface area contributed by atoms with Gasteiger partial charge in [0.1, 0.15) is 17.5 Å². The number of nitrogens with two attached hydrogens (primary N) is 1. The number of imidazole rings is 1. The lowest BCUT2D eigenvalue weighted by molar-refractivity contribution is -0.127. The third kappa shape index (κ3) is 4.51. The van der Waals surface area contributed by atoms with Crippen LogP contribution < -0.4 is 11.1 Å². The second-order valence-electron chi connectivity index (χ2n) is 10.7. The van der Waals surface area contributed by atoms with Gasteiger partial charge in [-0.05, 0) is 72.5 Å². The maximum atomic E-state index is 15.6. The monoisotopic (exact) mass is 563 g/mol. The van der Waals surface area contributed by atoms with Crippen molar-refractivity contribution in [3.05, 3.63) is 90.9 Å². The summed E-state index contributed by atoms with van der Waals surface area (Å²) < 4.78 is 19.2. The number of halogens is 1. The molecular formula is C31H30FN9O. The molecule has 1 amide bonds. The Bertz CT molecular complexity index is 1790. The number of nitrogen functional groups attached to an aromatic ring is 1. The molecular weight excluding hydrogens is 533 g/mol. The van der Waals surface area contributed by atoms with Gasteiger partial charge in [-0.15, -0.1) is 0 Å². The van der Waals surface area contributed by atoms with E-state index in [-0.39, 0.29) is 18.0 Å². The minimum absolute atomic E-state index is 0.0401. The number of rotatable bonds is 6. The summed E-state index contributed by atoms with van der Waals surface area (Å²) >= 11 is 0. The first-order chi connectivity index (χ1) is 20.5. The number of piperidine rings is 1. The molecule has 0 spiro atoms. The van der Waals surface area contributed by atoms with E-state index in [2.05, 4.69) is 22.0 Å². The summed E-state index contributed by atoms with van der Waals surface area (Å²) in [5.74, 6) is 1.51. The third-order valence-corrected chi connectivity index (χ3v) is 8.21. The van der Waals surface area contributed by atoms with Crippen LogP contribution in [0.3, 0.4) is 0 Å². The molecule has 2 aliphatic rings. The van der Waals surface area contributed by atoms with Crippen LogP contribution in [0.25, 0.3) is 34.1 Å². The molecule has 1 aromatic carbocycles. The molecule has 4 aromatic heterocycles. The summed E-state index contributed by atoms with van der Waals surface area (Å²) in [5, 5.41) is 7.98. The third-order valence-electron chi connectivity index (χ3n) is 8.21. The number of anilines is 1. The molecule has 1 fully saturated rings. The lowest BCUT2D eigenvalue weighted by Gasteiger charge is -2.33. The highest BCUT2D eigenvalue weighted by molar-refractivity contribution is 5.87. The molecule has 0 bridgehead atoms. The van der Waals surface area contributed by atoms with E-state index >= 15 is 4.39 Å². The quantitative estimate of drug-likeness (QED) is 0.293. The number of hydrogen-bond donors (Lipinski definition) is 2. The van der Waals surface area contributed by atoms with Crippen LogP contribution >= 0.6 is 0 Å². The predicted molar refractivity (Wildman–Crippen MR) is 158 cm³/mol. The van der Waals surface area contributed by atoms with Crippen LogP contribution in [0.2, 0.25) is 0 Å². The zero-order valence-electron chi connectivity index (χ0n) is 22.9. The second kappa shape index (κ2) is 10.5. The van der Waals surface area contributed by atoms with Crippen LogP contribution in [-0.4, -0.2) is 59.2 Å². The highest BCUT2D eigenvalue weighted by Crippen LogP contribution is 2.43. The normalized spacial score (nSPS) is 18.8. The van der Waals surface area contributed by atoms with E-state index in [0.29, 0.717) is 59.3 Å². The van der Waals surface area contributed by atoms with E-state index in [1.54, 1.807) is 17.1 Å². The molecule has 212 valence electrons. The summed E-state index contributed by atoms with van der Waals surface area (Å²) in [7, 11) is 0. The van der Waals surface area contributed by atoms with Crippen molar-refractivity contribution in [1.82, 2.24) is 39.5 Å². The Hall–Kier alpha value is -4.90. The van der Waals surface area contributed by atoms with Crippen LogP contribution in [-0.2, 0) is 4.79 Å². The number of hydrogen-bond acceptors (Lipinski definition) is 7. The van der Waals surface area contributed by atoms with E-state index in [4.69, 9.17) is 15.7 Å². The first kappa shape index (κ1) is 26.0. The first-order valence-corrected chi connectivity index (χ1v) is 14.1. The van der Waals surface area contributed by atoms with E-state index in [0.717, 1.165) is 24.1 Å². The number of pyridine rings is 2. The smallest absolute Gasteiger partial charge is 0.245 e. The van der Waals surface area contributed by atoms with E-state index < -0.39 is 6.17 Å². The molecule has 1 aliphatic heterocycles. The number of carbonyl (C=O) groups is 1. The molecule has 42 heavy (non-hydrogen) atoms. The Labute approximate surface area is 241 Å². The SMILES string of the molecule is C=CC(=O)N1CCC(N[C@H]2CC(F)c3cc(-n4c(-c5cccnc5N)nc5ccc(-n6cccn6)nc54)ccc32)CC1. The zero-order chi connectivity index (χ0) is 28.8. The van der Waals surface area contributed by atoms with Gasteiger partial charge >= 0.3 is 0 Å². The summed E-state index contributed by atoms with van der Waals surface area (Å²) in [6.07, 6.45) is 7.40. The summed E-state index contributed by atoms with van der Waals surface area (Å²) in [6.45, 7) is 4.92. The van der Waals surface area contributed by atoms with E-state index in [1.807, 2.05) is 64.2 Å². The number of likely N-dealkylation sites (tertiary alicyclic amines) is 1. The second-order valence-corrected chi connectivity index (χ2v) is 10.7. The topological polar surface area (TPSA) is 120 Å². The predicted octanol–water partition coefficient (Wildman–Crippen LogP) is 4.47. The number of alkyl halides is 1. The fraction of sp³-hybridized carbons (Fsp3) is 0.258. The number of fused-ring (bicyclic) bond motifs is 2.